The van der Waals surface area contributed by atoms with E-state index in [4.69, 9.17) is 9.47 Å². The first-order valence-corrected chi connectivity index (χ1v) is 10.5. The minimum absolute atomic E-state index is 0.210. The molecular weight excluding hydrogens is 384 g/mol. The largest absolute Gasteiger partial charge is 0.497 e. The monoisotopic (exact) mass is 404 g/mol. The number of rotatable bonds is 6. The summed E-state index contributed by atoms with van der Waals surface area (Å²) in [6, 6.07) is 10.4. The summed E-state index contributed by atoms with van der Waals surface area (Å²) >= 11 is 1.21. The van der Waals surface area contributed by atoms with E-state index in [-0.39, 0.29) is 10.0 Å². The van der Waals surface area contributed by atoms with Gasteiger partial charge in [0.1, 0.15) is 11.5 Å². The van der Waals surface area contributed by atoms with Gasteiger partial charge in [0, 0.05) is 10.9 Å². The Hall–Kier alpha value is -2.58. The van der Waals surface area contributed by atoms with Crippen molar-refractivity contribution in [3.05, 3.63) is 52.9 Å². The van der Waals surface area contributed by atoms with Crippen LogP contribution >= 0.6 is 11.3 Å². The normalized spacial score (nSPS) is 11.3. The van der Waals surface area contributed by atoms with E-state index in [0.29, 0.717) is 17.2 Å². The van der Waals surface area contributed by atoms with Crippen molar-refractivity contribution in [1.29, 1.82) is 0 Å². The fourth-order valence-electron chi connectivity index (χ4n) is 2.51. The third kappa shape index (κ3) is 4.06. The average molecular weight is 405 g/mol. The summed E-state index contributed by atoms with van der Waals surface area (Å²) < 4.78 is 38.5. The maximum atomic E-state index is 12.6. The van der Waals surface area contributed by atoms with Crippen LogP contribution in [0.5, 0.6) is 11.5 Å². The second-order valence-electron chi connectivity index (χ2n) is 5.96. The van der Waals surface area contributed by atoms with Gasteiger partial charge in [-0.15, -0.1) is 11.3 Å². The molecule has 3 aromatic rings. The molecule has 0 aliphatic rings. The highest BCUT2D eigenvalue weighted by molar-refractivity contribution is 7.93. The molecule has 1 heterocycles. The lowest BCUT2D eigenvalue weighted by atomic mass is 10.1. The van der Waals surface area contributed by atoms with Crippen LogP contribution in [0.1, 0.15) is 11.1 Å². The molecule has 0 atom stereocenters. The summed E-state index contributed by atoms with van der Waals surface area (Å²) in [6.07, 6.45) is 0. The highest BCUT2D eigenvalue weighted by Crippen LogP contribution is 2.35. The summed E-state index contributed by atoms with van der Waals surface area (Å²) in [5.74, 6) is 1.29. The number of benzene rings is 2. The lowest BCUT2D eigenvalue weighted by Crippen LogP contribution is -2.13. The quantitative estimate of drug-likeness (QED) is 0.665. The van der Waals surface area contributed by atoms with E-state index in [0.717, 1.165) is 16.7 Å². The molecule has 0 amide bonds. The molecule has 0 spiro atoms. The molecule has 142 valence electrons. The third-order valence-corrected chi connectivity index (χ3v) is 6.42. The minimum Gasteiger partial charge on any atom is -0.497 e. The topological polar surface area (TPSA) is 77.5 Å². The summed E-state index contributed by atoms with van der Waals surface area (Å²) in [5, 5.41) is 2.06. The molecule has 3 rings (SSSR count). The van der Waals surface area contributed by atoms with E-state index >= 15 is 0 Å². The number of thiazole rings is 1. The van der Waals surface area contributed by atoms with Crippen LogP contribution in [0, 0.1) is 13.8 Å². The van der Waals surface area contributed by atoms with E-state index < -0.39 is 10.0 Å². The molecule has 0 bridgehead atoms. The SMILES string of the molecule is COc1ccc(OC)c(-c2csc(NS(=O)(=O)c3ccc(C)c(C)c3)n2)c1. The zero-order valence-corrected chi connectivity index (χ0v) is 17.1. The Kier molecular flexibility index (Phi) is 5.38. The smallest absolute Gasteiger partial charge is 0.263 e. The van der Waals surface area contributed by atoms with Gasteiger partial charge in [-0.25, -0.2) is 13.4 Å². The molecule has 6 nitrogen and oxygen atoms in total. The van der Waals surface area contributed by atoms with Gasteiger partial charge in [0.15, 0.2) is 5.13 Å². The van der Waals surface area contributed by atoms with Gasteiger partial charge >= 0.3 is 0 Å². The van der Waals surface area contributed by atoms with Gasteiger partial charge < -0.3 is 9.47 Å². The standard InChI is InChI=1S/C19H20N2O4S2/c1-12-5-7-15(9-13(12)2)27(22,23)21-19-20-17(11-26-19)16-10-14(24-3)6-8-18(16)25-4/h5-11H,1-4H3,(H,20,21). The molecule has 27 heavy (non-hydrogen) atoms. The number of aromatic nitrogens is 1. The second-order valence-corrected chi connectivity index (χ2v) is 8.50. The Morgan fingerprint density at radius 3 is 2.44 bits per heavy atom. The second kappa shape index (κ2) is 7.58. The van der Waals surface area contributed by atoms with Gasteiger partial charge in [-0.3, -0.25) is 4.72 Å². The molecule has 0 unspecified atom stereocenters. The van der Waals surface area contributed by atoms with E-state index in [1.165, 1.54) is 11.3 Å². The zero-order valence-electron chi connectivity index (χ0n) is 15.4. The number of methoxy groups -OCH3 is 2. The van der Waals surface area contributed by atoms with Crippen LogP contribution in [0.15, 0.2) is 46.7 Å². The fraction of sp³-hybridized carbons (Fsp3) is 0.211. The molecule has 0 fully saturated rings. The average Bonchev–Trinajstić information content (AvgIpc) is 3.10. The van der Waals surface area contributed by atoms with Crippen LogP contribution in [0.25, 0.3) is 11.3 Å². The Morgan fingerprint density at radius 1 is 1.00 bits per heavy atom. The van der Waals surface area contributed by atoms with Crippen molar-refractivity contribution in [2.24, 2.45) is 0 Å². The number of nitrogens with zero attached hydrogens (tertiary/aromatic N) is 1. The molecule has 0 radical (unpaired) electrons. The van der Waals surface area contributed by atoms with Gasteiger partial charge in [0.25, 0.3) is 10.0 Å². The van der Waals surface area contributed by atoms with Gasteiger partial charge in [-0.2, -0.15) is 0 Å². The highest BCUT2D eigenvalue weighted by Gasteiger charge is 2.18. The molecule has 1 aromatic heterocycles. The van der Waals surface area contributed by atoms with Crippen LogP contribution in [0.4, 0.5) is 5.13 Å². The predicted molar refractivity (Wildman–Crippen MR) is 107 cm³/mol. The van der Waals surface area contributed by atoms with E-state index in [9.17, 15) is 8.42 Å². The van der Waals surface area contributed by atoms with Gasteiger partial charge in [0.2, 0.25) is 0 Å². The van der Waals surface area contributed by atoms with Crippen molar-refractivity contribution < 1.29 is 17.9 Å². The van der Waals surface area contributed by atoms with Crippen molar-refractivity contribution in [2.45, 2.75) is 18.7 Å². The molecule has 1 N–H and O–H groups in total. The van der Waals surface area contributed by atoms with Crippen LogP contribution in [-0.4, -0.2) is 27.6 Å². The first kappa shape index (κ1) is 19.2. The number of anilines is 1. The molecule has 0 saturated carbocycles. The highest BCUT2D eigenvalue weighted by atomic mass is 32.2. The predicted octanol–water partition coefficient (Wildman–Crippen LogP) is 4.24. The van der Waals surface area contributed by atoms with Crippen molar-refractivity contribution in [2.75, 3.05) is 18.9 Å². The maximum absolute atomic E-state index is 12.6. The minimum atomic E-state index is -3.71. The first-order valence-electron chi connectivity index (χ1n) is 8.12. The number of hydrogen-bond donors (Lipinski definition) is 1. The van der Waals surface area contributed by atoms with Gasteiger partial charge in [-0.1, -0.05) is 6.07 Å². The molecular formula is C19H20N2O4S2. The Balaban J connectivity index is 1.91. The molecule has 0 aliphatic carbocycles. The molecule has 0 aliphatic heterocycles. The Bertz CT molecular complexity index is 1080. The van der Waals surface area contributed by atoms with Crippen molar-refractivity contribution in [3.63, 3.8) is 0 Å². The zero-order chi connectivity index (χ0) is 19.6. The van der Waals surface area contributed by atoms with Crippen molar-refractivity contribution >= 4 is 26.5 Å². The fourth-order valence-corrected chi connectivity index (χ4v) is 4.56. The van der Waals surface area contributed by atoms with Crippen LogP contribution in [0.3, 0.4) is 0 Å². The lowest BCUT2D eigenvalue weighted by Gasteiger charge is -2.09. The molecule has 8 heteroatoms. The first-order chi connectivity index (χ1) is 12.8. The van der Waals surface area contributed by atoms with Crippen molar-refractivity contribution in [1.82, 2.24) is 4.98 Å². The lowest BCUT2D eigenvalue weighted by molar-refractivity contribution is 0.404. The number of hydrogen-bond acceptors (Lipinski definition) is 6. The number of nitrogens with one attached hydrogen (secondary N) is 1. The van der Waals surface area contributed by atoms with E-state index in [1.54, 1.807) is 56.0 Å². The van der Waals surface area contributed by atoms with Crippen molar-refractivity contribution in [3.8, 4) is 22.8 Å². The summed E-state index contributed by atoms with van der Waals surface area (Å²) in [7, 11) is -0.558. The van der Waals surface area contributed by atoms with E-state index in [1.807, 2.05) is 13.8 Å². The molecule has 0 saturated heterocycles. The van der Waals surface area contributed by atoms with E-state index in [2.05, 4.69) is 9.71 Å². The third-order valence-electron chi connectivity index (χ3n) is 4.20. The number of ether oxygens (including phenoxy) is 2. The Morgan fingerprint density at radius 2 is 1.78 bits per heavy atom. The number of sulfonamides is 1. The maximum Gasteiger partial charge on any atom is 0.263 e. The summed E-state index contributed by atoms with van der Waals surface area (Å²) in [6.45, 7) is 3.82. The van der Waals surface area contributed by atoms with Gasteiger partial charge in [0.05, 0.1) is 24.8 Å². The van der Waals surface area contributed by atoms with Crippen LogP contribution < -0.4 is 14.2 Å². The molecule has 2 aromatic carbocycles. The van der Waals surface area contributed by atoms with Crippen LogP contribution in [-0.2, 0) is 10.0 Å². The number of aryl methyl sites for hydroxylation is 2. The van der Waals surface area contributed by atoms with Gasteiger partial charge in [-0.05, 0) is 55.3 Å². The van der Waals surface area contributed by atoms with Crippen LogP contribution in [0.2, 0.25) is 0 Å². The summed E-state index contributed by atoms with van der Waals surface area (Å²) in [5.41, 5.74) is 3.28. The Labute approximate surface area is 162 Å². The summed E-state index contributed by atoms with van der Waals surface area (Å²) in [4.78, 5) is 4.62.